The van der Waals surface area contributed by atoms with Gasteiger partial charge in [-0.1, -0.05) is 85.0 Å². The number of hydrogen-bond acceptors (Lipinski definition) is 7. The smallest absolute Gasteiger partial charge is 0.313 e. The normalized spacial score (nSPS) is 31.2. The fraction of sp³-hybridized carbons (Fsp3) is 0.368. The van der Waals surface area contributed by atoms with E-state index in [1.54, 1.807) is 24.0 Å². The van der Waals surface area contributed by atoms with Crippen LogP contribution in [-0.4, -0.2) is 77.2 Å². The Balaban J connectivity index is 1.32. The summed E-state index contributed by atoms with van der Waals surface area (Å²) in [6.45, 7) is 1.92. The van der Waals surface area contributed by atoms with E-state index in [1.165, 1.54) is 4.90 Å². The first-order valence-electron chi connectivity index (χ1n) is 16.6. The number of esters is 1. The van der Waals surface area contributed by atoms with Gasteiger partial charge in [-0.25, -0.2) is 0 Å². The van der Waals surface area contributed by atoms with Crippen molar-refractivity contribution in [3.05, 3.63) is 103 Å². The molecule has 0 aliphatic carbocycles. The molecule has 0 radical (unpaired) electrons. The lowest BCUT2D eigenvalue weighted by molar-refractivity contribution is -0.161. The lowest BCUT2D eigenvalue weighted by atomic mass is 9.74. The number of benzene rings is 3. The highest BCUT2D eigenvalue weighted by atomic mass is 16.6. The van der Waals surface area contributed by atoms with Gasteiger partial charge in [0.1, 0.15) is 23.7 Å². The van der Waals surface area contributed by atoms with Gasteiger partial charge in [0.2, 0.25) is 11.8 Å². The van der Waals surface area contributed by atoms with E-state index in [4.69, 9.17) is 9.47 Å². The van der Waals surface area contributed by atoms with Crippen LogP contribution in [0, 0.1) is 11.8 Å². The number of carbonyl (C=O) groups excluding carboxylic acids is 4. The summed E-state index contributed by atoms with van der Waals surface area (Å²) >= 11 is 0. The van der Waals surface area contributed by atoms with Gasteiger partial charge in [-0.05, 0) is 48.2 Å². The average Bonchev–Trinajstić information content (AvgIpc) is 3.74. The van der Waals surface area contributed by atoms with Crippen molar-refractivity contribution in [2.24, 2.45) is 11.8 Å². The molecule has 48 heavy (non-hydrogen) atoms. The molecule has 5 bridgehead atoms. The zero-order valence-corrected chi connectivity index (χ0v) is 26.7. The number of hydrogen-bond donors (Lipinski definition) is 2. The summed E-state index contributed by atoms with van der Waals surface area (Å²) in [5.74, 6) is -3.58. The first kappa shape index (κ1) is 31.8. The molecule has 3 amide bonds. The second kappa shape index (κ2) is 13.0. The van der Waals surface area contributed by atoms with Crippen molar-refractivity contribution in [1.29, 1.82) is 0 Å². The molecule has 0 unspecified atom stereocenters. The van der Waals surface area contributed by atoms with E-state index in [1.807, 2.05) is 84.9 Å². The van der Waals surface area contributed by atoms with Crippen LogP contribution in [0.25, 0.3) is 10.8 Å². The molecule has 2 saturated heterocycles. The van der Waals surface area contributed by atoms with Crippen molar-refractivity contribution in [2.75, 3.05) is 24.6 Å². The number of allylic oxidation sites excluding steroid dienone is 1. The minimum absolute atomic E-state index is 0.116. The molecular formula is C38H39N3O7. The molecule has 7 rings (SSSR count). The Hall–Kier alpha value is -4.80. The Morgan fingerprint density at radius 3 is 2.50 bits per heavy atom. The van der Waals surface area contributed by atoms with Crippen LogP contribution in [0.3, 0.4) is 0 Å². The molecule has 7 atom stereocenters. The third-order valence-electron chi connectivity index (χ3n) is 9.95. The van der Waals surface area contributed by atoms with Gasteiger partial charge in [0, 0.05) is 31.8 Å². The molecule has 2 N–H and O–H groups in total. The van der Waals surface area contributed by atoms with Gasteiger partial charge in [0.15, 0.2) is 0 Å². The molecule has 248 valence electrons. The summed E-state index contributed by atoms with van der Waals surface area (Å²) in [6, 6.07) is 21.2. The SMILES string of the molecule is C[C@@H]1NC(=O)CC/C=C\CN(c2ccc3ccccc3c2)C(=O)[C@H]2N(CCCO)C(=O)[C@@H]3[C@@H](C(=O)O[C@H]1c1ccccc1)[C@H]1C=C[C@]32O1. The number of nitrogens with zero attached hydrogens (tertiary/aromatic N) is 2. The standard InChI is InChI=1S/C38H39N3O7/c1-24-33(26-12-4-2-5-13-26)47-37(46)31-29-18-19-38(48-29)32(31)35(44)41(21-10-22-42)34(38)36(45)40(20-9-3-6-15-30(43)39-24)28-17-16-25-11-7-8-14-27(25)23-28/h2-5,7-9,11-14,16-19,23-24,29,31-34,42H,6,10,15,20-22H2,1H3,(H,39,43)/b9-3-/t24-,29+,31-,32-,33+,34+,38-/m0/s1. The van der Waals surface area contributed by atoms with E-state index in [2.05, 4.69) is 5.32 Å². The summed E-state index contributed by atoms with van der Waals surface area (Å²) < 4.78 is 12.7. The molecule has 0 saturated carbocycles. The maximum Gasteiger partial charge on any atom is 0.313 e. The minimum atomic E-state index is -1.40. The monoisotopic (exact) mass is 649 g/mol. The predicted molar refractivity (Wildman–Crippen MR) is 178 cm³/mol. The summed E-state index contributed by atoms with van der Waals surface area (Å²) in [5, 5.41) is 14.7. The number of aliphatic hydroxyl groups excluding tert-OH is 1. The molecule has 3 aromatic carbocycles. The van der Waals surface area contributed by atoms with Crippen molar-refractivity contribution in [3.8, 4) is 0 Å². The summed E-state index contributed by atoms with van der Waals surface area (Å²) in [6.07, 6.45) is 6.55. The average molecular weight is 650 g/mol. The van der Waals surface area contributed by atoms with E-state index in [0.29, 0.717) is 17.7 Å². The van der Waals surface area contributed by atoms with E-state index >= 15 is 0 Å². The maximum absolute atomic E-state index is 14.9. The first-order chi connectivity index (χ1) is 23.3. The lowest BCUT2D eigenvalue weighted by Crippen LogP contribution is -2.56. The Kier molecular flexibility index (Phi) is 8.61. The van der Waals surface area contributed by atoms with E-state index in [-0.39, 0.29) is 50.3 Å². The van der Waals surface area contributed by atoms with Crippen molar-refractivity contribution < 1.29 is 33.8 Å². The van der Waals surface area contributed by atoms with Crippen molar-refractivity contribution >= 4 is 40.2 Å². The highest BCUT2D eigenvalue weighted by Gasteiger charge is 2.73. The Morgan fingerprint density at radius 2 is 1.71 bits per heavy atom. The zero-order chi connectivity index (χ0) is 33.4. The zero-order valence-electron chi connectivity index (χ0n) is 26.7. The van der Waals surface area contributed by atoms with E-state index < -0.39 is 47.7 Å². The molecule has 2 fully saturated rings. The van der Waals surface area contributed by atoms with Gasteiger partial charge in [0.05, 0.1) is 18.1 Å². The number of fused-ring (bicyclic) bond motifs is 3. The molecule has 10 nitrogen and oxygen atoms in total. The number of ether oxygens (including phenoxy) is 2. The van der Waals surface area contributed by atoms with Gasteiger partial charge in [-0.3, -0.25) is 19.2 Å². The second-order valence-corrected chi connectivity index (χ2v) is 12.9. The first-order valence-corrected chi connectivity index (χ1v) is 16.6. The van der Waals surface area contributed by atoms with Crippen LogP contribution in [0.1, 0.15) is 37.9 Å². The Labute approximate surface area is 279 Å². The number of amides is 3. The quantitative estimate of drug-likeness (QED) is 0.318. The molecule has 4 aliphatic rings. The van der Waals surface area contributed by atoms with Gasteiger partial charge in [-0.2, -0.15) is 0 Å². The van der Waals surface area contributed by atoms with Crippen LogP contribution in [0.4, 0.5) is 5.69 Å². The number of likely N-dealkylation sites (tertiary alicyclic amines) is 1. The number of aliphatic hydroxyl groups is 1. The highest BCUT2D eigenvalue weighted by molar-refractivity contribution is 6.06. The highest BCUT2D eigenvalue weighted by Crippen LogP contribution is 2.56. The summed E-state index contributed by atoms with van der Waals surface area (Å²) in [5.41, 5.74) is -0.0556. The largest absolute Gasteiger partial charge is 0.455 e. The third kappa shape index (κ3) is 5.48. The predicted octanol–water partition coefficient (Wildman–Crippen LogP) is 3.85. The van der Waals surface area contributed by atoms with Crippen molar-refractivity contribution in [2.45, 2.75) is 56.1 Å². The molecule has 0 aromatic heterocycles. The number of cyclic esters (lactones) is 1. The molecule has 1 spiro atoms. The van der Waals surface area contributed by atoms with Gasteiger partial charge in [-0.15, -0.1) is 0 Å². The summed E-state index contributed by atoms with van der Waals surface area (Å²) in [4.78, 5) is 59.6. The van der Waals surface area contributed by atoms with Gasteiger partial charge < -0.3 is 29.7 Å². The molecular weight excluding hydrogens is 610 g/mol. The number of anilines is 1. The fourth-order valence-corrected chi connectivity index (χ4v) is 7.73. The summed E-state index contributed by atoms with van der Waals surface area (Å²) in [7, 11) is 0. The van der Waals surface area contributed by atoms with Crippen LogP contribution >= 0.6 is 0 Å². The second-order valence-electron chi connectivity index (χ2n) is 12.9. The number of rotatable bonds is 5. The third-order valence-corrected chi connectivity index (χ3v) is 9.95. The lowest BCUT2D eigenvalue weighted by Gasteiger charge is -2.36. The molecule has 4 heterocycles. The number of carbonyl (C=O) groups is 4. The van der Waals surface area contributed by atoms with Gasteiger partial charge >= 0.3 is 5.97 Å². The van der Waals surface area contributed by atoms with Crippen LogP contribution in [0.15, 0.2) is 97.1 Å². The molecule has 10 heteroatoms. The fourth-order valence-electron chi connectivity index (χ4n) is 7.73. The topological polar surface area (TPSA) is 125 Å². The molecule has 3 aromatic rings. The van der Waals surface area contributed by atoms with Crippen LogP contribution in [0.2, 0.25) is 0 Å². The maximum atomic E-state index is 14.9. The van der Waals surface area contributed by atoms with Crippen LogP contribution < -0.4 is 10.2 Å². The van der Waals surface area contributed by atoms with Crippen LogP contribution in [0.5, 0.6) is 0 Å². The van der Waals surface area contributed by atoms with E-state index in [9.17, 15) is 24.3 Å². The van der Waals surface area contributed by atoms with E-state index in [0.717, 1.165) is 10.8 Å². The Bertz CT molecular complexity index is 1790. The van der Waals surface area contributed by atoms with Crippen LogP contribution in [-0.2, 0) is 28.7 Å². The number of nitrogens with one attached hydrogen (secondary N) is 1. The molecule has 4 aliphatic heterocycles. The minimum Gasteiger partial charge on any atom is -0.455 e. The van der Waals surface area contributed by atoms with Crippen molar-refractivity contribution in [3.63, 3.8) is 0 Å². The van der Waals surface area contributed by atoms with Crippen molar-refractivity contribution in [1.82, 2.24) is 10.2 Å². The Morgan fingerprint density at radius 1 is 0.938 bits per heavy atom. The van der Waals surface area contributed by atoms with Gasteiger partial charge in [0.25, 0.3) is 5.91 Å².